The second kappa shape index (κ2) is 9.06. The van der Waals surface area contributed by atoms with Crippen molar-refractivity contribution in [3.8, 4) is 6.07 Å². The van der Waals surface area contributed by atoms with Crippen LogP contribution in [0.5, 0.6) is 0 Å². The van der Waals surface area contributed by atoms with Gasteiger partial charge in [0.25, 0.3) is 5.91 Å². The van der Waals surface area contributed by atoms with Crippen LogP contribution in [0.1, 0.15) is 34.5 Å². The lowest BCUT2D eigenvalue weighted by atomic mass is 10.0. The summed E-state index contributed by atoms with van der Waals surface area (Å²) >= 11 is 0. The van der Waals surface area contributed by atoms with E-state index in [0.717, 1.165) is 24.9 Å². The maximum atomic E-state index is 13.1. The van der Waals surface area contributed by atoms with Gasteiger partial charge in [0.05, 0.1) is 11.6 Å². The Morgan fingerprint density at radius 1 is 1.07 bits per heavy atom. The van der Waals surface area contributed by atoms with E-state index in [1.165, 1.54) is 6.20 Å². The first kappa shape index (κ1) is 20.0. The van der Waals surface area contributed by atoms with Crippen LogP contribution in [0.4, 0.5) is 0 Å². The van der Waals surface area contributed by atoms with Gasteiger partial charge in [0.15, 0.2) is 0 Å². The zero-order valence-electron chi connectivity index (χ0n) is 16.9. The van der Waals surface area contributed by atoms with Crippen LogP contribution in [0.25, 0.3) is 0 Å². The molecule has 2 fully saturated rings. The second-order valence-electron chi connectivity index (χ2n) is 7.78. The van der Waals surface area contributed by atoms with Gasteiger partial charge in [0.2, 0.25) is 5.91 Å². The number of amides is 2. The molecule has 2 aliphatic heterocycles. The quantitative estimate of drug-likeness (QED) is 0.779. The molecule has 2 saturated heterocycles. The van der Waals surface area contributed by atoms with Crippen molar-refractivity contribution in [3.05, 3.63) is 65.5 Å². The Morgan fingerprint density at radius 2 is 1.83 bits per heavy atom. The Bertz CT molecular complexity index is 930. The van der Waals surface area contributed by atoms with Gasteiger partial charge >= 0.3 is 0 Å². The van der Waals surface area contributed by atoms with Gasteiger partial charge < -0.3 is 9.80 Å². The predicted molar refractivity (Wildman–Crippen MR) is 111 cm³/mol. The first-order valence-electron chi connectivity index (χ1n) is 10.4. The average molecular weight is 403 g/mol. The fourth-order valence-electron chi connectivity index (χ4n) is 4.20. The number of nitrogens with zero attached hydrogens (tertiary/aromatic N) is 5. The van der Waals surface area contributed by atoms with Gasteiger partial charge in [-0.1, -0.05) is 30.3 Å². The van der Waals surface area contributed by atoms with Crippen LogP contribution >= 0.6 is 0 Å². The molecule has 7 nitrogen and oxygen atoms in total. The molecule has 1 aromatic carbocycles. The normalized spacial score (nSPS) is 20.1. The van der Waals surface area contributed by atoms with Crippen LogP contribution < -0.4 is 0 Å². The Hall–Kier alpha value is -3.24. The SMILES string of the molecule is N#Cc1ccc(C(=O)N2CCN([C@H]3CCCN(Cc4ccccc4)C3=O)CC2)nc1. The minimum atomic E-state index is -0.125. The van der Waals surface area contributed by atoms with Crippen LogP contribution in [0.3, 0.4) is 0 Å². The smallest absolute Gasteiger partial charge is 0.272 e. The monoisotopic (exact) mass is 403 g/mol. The zero-order chi connectivity index (χ0) is 20.9. The van der Waals surface area contributed by atoms with Crippen LogP contribution in [0, 0.1) is 11.3 Å². The van der Waals surface area contributed by atoms with E-state index in [1.807, 2.05) is 29.2 Å². The van der Waals surface area contributed by atoms with Crippen LogP contribution in [0.2, 0.25) is 0 Å². The summed E-state index contributed by atoms with van der Waals surface area (Å²) in [6.07, 6.45) is 3.29. The number of benzene rings is 1. The standard InChI is InChI=1S/C23H25N5O2/c24-15-19-8-9-20(25-16-19)22(29)27-13-11-26(12-14-27)21-7-4-10-28(23(21)30)17-18-5-2-1-3-6-18/h1-3,5-6,8-9,16,21H,4,7,10-14,17H2/t21-/m0/s1. The lowest BCUT2D eigenvalue weighted by molar-refractivity contribution is -0.141. The van der Waals surface area contributed by atoms with Crippen molar-refractivity contribution in [2.75, 3.05) is 32.7 Å². The van der Waals surface area contributed by atoms with Gasteiger partial charge in [-0.15, -0.1) is 0 Å². The molecule has 3 heterocycles. The van der Waals surface area contributed by atoms with E-state index < -0.39 is 0 Å². The van der Waals surface area contributed by atoms with Crippen molar-refractivity contribution in [3.63, 3.8) is 0 Å². The molecular formula is C23H25N5O2. The molecular weight excluding hydrogens is 378 g/mol. The fourth-order valence-corrected chi connectivity index (χ4v) is 4.20. The molecule has 7 heteroatoms. The van der Waals surface area contributed by atoms with E-state index in [0.29, 0.717) is 44.0 Å². The van der Waals surface area contributed by atoms with Gasteiger partial charge in [-0.05, 0) is 30.5 Å². The fraction of sp³-hybridized carbons (Fsp3) is 0.391. The van der Waals surface area contributed by atoms with E-state index >= 15 is 0 Å². The number of likely N-dealkylation sites (tertiary alicyclic amines) is 1. The van der Waals surface area contributed by atoms with E-state index in [2.05, 4.69) is 22.0 Å². The molecule has 0 aliphatic carbocycles. The number of carbonyl (C=O) groups is 2. The maximum Gasteiger partial charge on any atom is 0.272 e. The highest BCUT2D eigenvalue weighted by Gasteiger charge is 2.35. The van der Waals surface area contributed by atoms with E-state index in [-0.39, 0.29) is 17.9 Å². The van der Waals surface area contributed by atoms with E-state index in [1.54, 1.807) is 17.0 Å². The number of piperidine rings is 1. The van der Waals surface area contributed by atoms with Crippen molar-refractivity contribution in [2.45, 2.75) is 25.4 Å². The van der Waals surface area contributed by atoms with Gasteiger partial charge in [-0.2, -0.15) is 5.26 Å². The van der Waals surface area contributed by atoms with Gasteiger partial charge in [-0.3, -0.25) is 14.5 Å². The minimum absolute atomic E-state index is 0.104. The molecule has 0 N–H and O–H groups in total. The predicted octanol–water partition coefficient (Wildman–Crippen LogP) is 1.90. The number of aromatic nitrogens is 1. The van der Waals surface area contributed by atoms with Crippen molar-refractivity contribution >= 4 is 11.8 Å². The van der Waals surface area contributed by atoms with Gasteiger partial charge in [-0.25, -0.2) is 4.98 Å². The van der Waals surface area contributed by atoms with Crippen molar-refractivity contribution in [2.24, 2.45) is 0 Å². The highest BCUT2D eigenvalue weighted by molar-refractivity contribution is 5.92. The summed E-state index contributed by atoms with van der Waals surface area (Å²) in [5.41, 5.74) is 1.94. The highest BCUT2D eigenvalue weighted by atomic mass is 16.2. The number of hydrogen-bond donors (Lipinski definition) is 0. The molecule has 2 aromatic rings. The number of carbonyl (C=O) groups excluding carboxylic acids is 2. The third-order valence-electron chi connectivity index (χ3n) is 5.87. The third kappa shape index (κ3) is 4.34. The Balaban J connectivity index is 1.34. The first-order valence-corrected chi connectivity index (χ1v) is 10.4. The largest absolute Gasteiger partial charge is 0.337 e. The molecule has 0 bridgehead atoms. The molecule has 154 valence electrons. The lowest BCUT2D eigenvalue weighted by Gasteiger charge is -2.42. The number of nitriles is 1. The molecule has 30 heavy (non-hydrogen) atoms. The summed E-state index contributed by atoms with van der Waals surface area (Å²) < 4.78 is 0. The number of hydrogen-bond acceptors (Lipinski definition) is 5. The molecule has 0 spiro atoms. The molecule has 0 unspecified atom stereocenters. The molecule has 0 saturated carbocycles. The zero-order valence-corrected chi connectivity index (χ0v) is 16.9. The Morgan fingerprint density at radius 3 is 2.50 bits per heavy atom. The van der Waals surface area contributed by atoms with Crippen LogP contribution in [0.15, 0.2) is 48.7 Å². The molecule has 2 amide bonds. The van der Waals surface area contributed by atoms with Crippen LogP contribution in [-0.2, 0) is 11.3 Å². The first-order chi connectivity index (χ1) is 14.7. The number of piperazine rings is 1. The Kier molecular flexibility index (Phi) is 6.05. The summed E-state index contributed by atoms with van der Waals surface area (Å²) in [6.45, 7) is 3.95. The van der Waals surface area contributed by atoms with E-state index in [9.17, 15) is 9.59 Å². The summed E-state index contributed by atoms with van der Waals surface area (Å²) in [6, 6.07) is 15.2. The van der Waals surface area contributed by atoms with Gasteiger partial charge in [0, 0.05) is 45.5 Å². The van der Waals surface area contributed by atoms with Crippen molar-refractivity contribution < 1.29 is 9.59 Å². The molecule has 2 aliphatic rings. The van der Waals surface area contributed by atoms with E-state index in [4.69, 9.17) is 5.26 Å². The summed E-state index contributed by atoms with van der Waals surface area (Å²) in [4.78, 5) is 35.8. The molecule has 0 radical (unpaired) electrons. The number of rotatable bonds is 4. The Labute approximate surface area is 176 Å². The third-order valence-corrected chi connectivity index (χ3v) is 5.87. The molecule has 1 aromatic heterocycles. The van der Waals surface area contributed by atoms with Crippen molar-refractivity contribution in [1.29, 1.82) is 5.26 Å². The summed E-state index contributed by atoms with van der Waals surface area (Å²) in [5, 5.41) is 8.87. The average Bonchev–Trinajstić information content (AvgIpc) is 2.81. The van der Waals surface area contributed by atoms with Gasteiger partial charge in [0.1, 0.15) is 11.8 Å². The van der Waals surface area contributed by atoms with Crippen LogP contribution in [-0.4, -0.2) is 70.3 Å². The summed E-state index contributed by atoms with van der Waals surface area (Å²) in [5.74, 6) is 0.0680. The number of pyridine rings is 1. The summed E-state index contributed by atoms with van der Waals surface area (Å²) in [7, 11) is 0. The minimum Gasteiger partial charge on any atom is -0.337 e. The maximum absolute atomic E-state index is 13.1. The molecule has 4 rings (SSSR count). The highest BCUT2D eigenvalue weighted by Crippen LogP contribution is 2.21. The second-order valence-corrected chi connectivity index (χ2v) is 7.78. The lowest BCUT2D eigenvalue weighted by Crippen LogP contribution is -2.58. The van der Waals surface area contributed by atoms with Crippen molar-refractivity contribution in [1.82, 2.24) is 19.7 Å². The molecule has 1 atom stereocenters. The topological polar surface area (TPSA) is 80.5 Å².